The smallest absolute Gasteiger partial charge is 0.0911 e. The van der Waals surface area contributed by atoms with Crippen molar-refractivity contribution in [3.8, 4) is 11.3 Å². The van der Waals surface area contributed by atoms with Crippen LogP contribution in [-0.4, -0.2) is 9.78 Å². The van der Waals surface area contributed by atoms with Crippen molar-refractivity contribution < 1.29 is 0 Å². The van der Waals surface area contributed by atoms with Crippen molar-refractivity contribution in [1.29, 1.82) is 0 Å². The van der Waals surface area contributed by atoms with Crippen molar-refractivity contribution in [3.05, 3.63) is 36.0 Å². The molecule has 0 radical (unpaired) electrons. The molecule has 78 valence electrons. The van der Waals surface area contributed by atoms with Crippen molar-refractivity contribution in [3.63, 3.8) is 0 Å². The van der Waals surface area contributed by atoms with E-state index in [9.17, 15) is 0 Å². The van der Waals surface area contributed by atoms with Crippen molar-refractivity contribution in [1.82, 2.24) is 9.78 Å². The molecule has 0 atom stereocenters. The third-order valence-electron chi connectivity index (χ3n) is 2.46. The Morgan fingerprint density at radius 2 is 2.20 bits per heavy atom. The van der Waals surface area contributed by atoms with Crippen LogP contribution in [0.4, 0.5) is 5.69 Å². The van der Waals surface area contributed by atoms with Gasteiger partial charge in [0, 0.05) is 12.1 Å². The summed E-state index contributed by atoms with van der Waals surface area (Å²) in [4.78, 5) is 0. The van der Waals surface area contributed by atoms with Gasteiger partial charge in [-0.25, -0.2) is 0 Å². The largest absolute Gasteiger partial charge is 0.396 e. The number of rotatable bonds is 2. The van der Waals surface area contributed by atoms with E-state index in [0.717, 1.165) is 23.5 Å². The van der Waals surface area contributed by atoms with Gasteiger partial charge in [0.1, 0.15) is 0 Å². The summed E-state index contributed by atoms with van der Waals surface area (Å²) in [5.41, 5.74) is 10.0. The first-order valence-electron chi connectivity index (χ1n) is 5.10. The first kappa shape index (κ1) is 9.77. The van der Waals surface area contributed by atoms with Crippen molar-refractivity contribution >= 4 is 5.69 Å². The molecule has 1 heterocycles. The average Bonchev–Trinajstić information content (AvgIpc) is 2.59. The molecule has 2 N–H and O–H groups in total. The Hall–Kier alpha value is -1.77. The highest BCUT2D eigenvalue weighted by Gasteiger charge is 2.09. The van der Waals surface area contributed by atoms with Gasteiger partial charge in [-0.3, -0.25) is 4.68 Å². The SMILES string of the molecule is CCn1ncc(N)c1-c1cccc(C)c1. The van der Waals surface area contributed by atoms with Crippen molar-refractivity contribution in [2.75, 3.05) is 5.73 Å². The van der Waals surface area contributed by atoms with Crippen LogP contribution in [0.2, 0.25) is 0 Å². The molecule has 15 heavy (non-hydrogen) atoms. The zero-order chi connectivity index (χ0) is 10.8. The minimum absolute atomic E-state index is 0.738. The molecule has 0 saturated heterocycles. The maximum absolute atomic E-state index is 5.92. The minimum atomic E-state index is 0.738. The highest BCUT2D eigenvalue weighted by Crippen LogP contribution is 2.25. The van der Waals surface area contributed by atoms with Crippen molar-refractivity contribution in [2.45, 2.75) is 20.4 Å². The van der Waals surface area contributed by atoms with Gasteiger partial charge in [0.25, 0.3) is 0 Å². The molecule has 0 unspecified atom stereocenters. The van der Waals surface area contributed by atoms with E-state index in [-0.39, 0.29) is 0 Å². The zero-order valence-corrected chi connectivity index (χ0v) is 9.07. The van der Waals surface area contributed by atoms with E-state index in [0.29, 0.717) is 0 Å². The molecule has 0 fully saturated rings. The summed E-state index contributed by atoms with van der Waals surface area (Å²) in [6.45, 7) is 4.97. The molecule has 0 aliphatic rings. The fourth-order valence-corrected chi connectivity index (χ4v) is 1.75. The molecule has 2 rings (SSSR count). The van der Waals surface area contributed by atoms with Crippen LogP contribution in [0.1, 0.15) is 12.5 Å². The highest BCUT2D eigenvalue weighted by molar-refractivity contribution is 5.72. The van der Waals surface area contributed by atoms with Crippen LogP contribution >= 0.6 is 0 Å². The van der Waals surface area contributed by atoms with Gasteiger partial charge in [0.05, 0.1) is 17.6 Å². The predicted molar refractivity (Wildman–Crippen MR) is 62.5 cm³/mol. The number of hydrogen-bond acceptors (Lipinski definition) is 2. The molecular formula is C12H15N3. The fourth-order valence-electron chi connectivity index (χ4n) is 1.75. The van der Waals surface area contributed by atoms with Gasteiger partial charge in [-0.15, -0.1) is 0 Å². The lowest BCUT2D eigenvalue weighted by molar-refractivity contribution is 0.667. The Labute approximate surface area is 89.5 Å². The molecule has 1 aromatic carbocycles. The molecule has 0 amide bonds. The number of nitrogens with two attached hydrogens (primary N) is 1. The Bertz CT molecular complexity index is 471. The van der Waals surface area contributed by atoms with Crippen LogP contribution in [0.3, 0.4) is 0 Å². The first-order chi connectivity index (χ1) is 7.22. The molecule has 2 aromatic rings. The maximum atomic E-state index is 5.92. The normalized spacial score (nSPS) is 10.5. The molecule has 0 spiro atoms. The second-order valence-corrected chi connectivity index (χ2v) is 3.63. The lowest BCUT2D eigenvalue weighted by Gasteiger charge is -2.06. The molecule has 0 aliphatic heterocycles. The lowest BCUT2D eigenvalue weighted by atomic mass is 10.1. The van der Waals surface area contributed by atoms with E-state index in [4.69, 9.17) is 5.73 Å². The van der Waals surface area contributed by atoms with Gasteiger partial charge in [-0.2, -0.15) is 5.10 Å². The first-order valence-corrected chi connectivity index (χ1v) is 5.10. The predicted octanol–water partition coefficient (Wildman–Crippen LogP) is 2.46. The van der Waals surface area contributed by atoms with E-state index in [1.807, 2.05) is 10.7 Å². The highest BCUT2D eigenvalue weighted by atomic mass is 15.3. The minimum Gasteiger partial charge on any atom is -0.396 e. The van der Waals surface area contributed by atoms with E-state index in [1.54, 1.807) is 6.20 Å². The van der Waals surface area contributed by atoms with Crippen LogP contribution in [0, 0.1) is 6.92 Å². The Morgan fingerprint density at radius 1 is 1.40 bits per heavy atom. The van der Waals surface area contributed by atoms with Gasteiger partial charge >= 0.3 is 0 Å². The maximum Gasteiger partial charge on any atom is 0.0911 e. The van der Waals surface area contributed by atoms with Gasteiger partial charge in [0.2, 0.25) is 0 Å². The second kappa shape index (κ2) is 3.77. The third kappa shape index (κ3) is 1.73. The molecule has 1 aromatic heterocycles. The summed E-state index contributed by atoms with van der Waals surface area (Å²) in [5.74, 6) is 0. The zero-order valence-electron chi connectivity index (χ0n) is 9.07. The summed E-state index contributed by atoms with van der Waals surface area (Å²) in [7, 11) is 0. The van der Waals surface area contributed by atoms with Crippen LogP contribution in [0.25, 0.3) is 11.3 Å². The molecular weight excluding hydrogens is 186 g/mol. The Balaban J connectivity index is 2.57. The summed E-state index contributed by atoms with van der Waals surface area (Å²) < 4.78 is 1.92. The van der Waals surface area contributed by atoms with E-state index >= 15 is 0 Å². The number of hydrogen-bond donors (Lipinski definition) is 1. The standard InChI is InChI=1S/C12H15N3/c1-3-15-12(11(13)8-14-15)10-6-4-5-9(2)7-10/h4-8H,3,13H2,1-2H3. The summed E-state index contributed by atoms with van der Waals surface area (Å²) in [5, 5.41) is 4.23. The molecule has 0 bridgehead atoms. The number of nitrogens with zero attached hydrogens (tertiary/aromatic N) is 2. The van der Waals surface area contributed by atoms with E-state index in [2.05, 4.69) is 37.1 Å². The number of nitrogen functional groups attached to an aromatic ring is 1. The van der Waals surface area contributed by atoms with Crippen molar-refractivity contribution in [2.24, 2.45) is 0 Å². The fraction of sp³-hybridized carbons (Fsp3) is 0.250. The monoisotopic (exact) mass is 201 g/mol. The van der Waals surface area contributed by atoms with E-state index < -0.39 is 0 Å². The molecule has 3 nitrogen and oxygen atoms in total. The summed E-state index contributed by atoms with van der Waals surface area (Å²) in [6, 6.07) is 8.30. The molecule has 0 saturated carbocycles. The van der Waals surface area contributed by atoms with E-state index in [1.165, 1.54) is 5.56 Å². The summed E-state index contributed by atoms with van der Waals surface area (Å²) in [6.07, 6.45) is 1.71. The van der Waals surface area contributed by atoms with Crippen LogP contribution < -0.4 is 5.73 Å². The third-order valence-corrected chi connectivity index (χ3v) is 2.46. The van der Waals surface area contributed by atoms with Crippen LogP contribution in [0.5, 0.6) is 0 Å². The number of aryl methyl sites for hydroxylation is 2. The Morgan fingerprint density at radius 3 is 2.87 bits per heavy atom. The van der Waals surface area contributed by atoms with Gasteiger partial charge < -0.3 is 5.73 Å². The molecule has 3 heteroatoms. The summed E-state index contributed by atoms with van der Waals surface area (Å²) >= 11 is 0. The quantitative estimate of drug-likeness (QED) is 0.811. The number of aromatic nitrogens is 2. The van der Waals surface area contributed by atoms with Crippen LogP contribution in [-0.2, 0) is 6.54 Å². The Kier molecular flexibility index (Phi) is 2.46. The number of anilines is 1. The van der Waals surface area contributed by atoms with Gasteiger partial charge in [0.15, 0.2) is 0 Å². The number of benzene rings is 1. The lowest BCUT2D eigenvalue weighted by Crippen LogP contribution is -2.00. The van der Waals surface area contributed by atoms with Gasteiger partial charge in [-0.1, -0.05) is 23.8 Å². The van der Waals surface area contributed by atoms with Crippen LogP contribution in [0.15, 0.2) is 30.5 Å². The topological polar surface area (TPSA) is 43.8 Å². The van der Waals surface area contributed by atoms with Gasteiger partial charge in [-0.05, 0) is 19.9 Å². The average molecular weight is 201 g/mol. The molecule has 0 aliphatic carbocycles. The second-order valence-electron chi connectivity index (χ2n) is 3.63.